The Kier molecular flexibility index (Phi) is 5.90. The molecule has 2 aromatic heterocycles. The maximum Gasteiger partial charge on any atom is 0.340 e. The van der Waals surface area contributed by atoms with E-state index >= 15 is 0 Å². The topological polar surface area (TPSA) is 124 Å². The normalized spacial score (nSPS) is 10.8. The second-order valence-corrected chi connectivity index (χ2v) is 7.20. The number of urea groups is 1. The van der Waals surface area contributed by atoms with Crippen LogP contribution in [0.15, 0.2) is 55.0 Å². The number of fused-ring (bicyclic) bond motifs is 1. The van der Waals surface area contributed by atoms with E-state index < -0.39 is 12.0 Å². The molecule has 2 amide bonds. The van der Waals surface area contributed by atoms with E-state index in [4.69, 9.17) is 10.5 Å². The lowest BCUT2D eigenvalue weighted by Crippen LogP contribution is -2.19. The number of carbonyl (C=O) groups is 2. The number of nitrogens with zero attached hydrogens (tertiary/aromatic N) is 3. The van der Waals surface area contributed by atoms with Crippen molar-refractivity contribution in [3.63, 3.8) is 0 Å². The number of ether oxygens (including phenoxy) is 1. The average molecular weight is 448 g/mol. The first-order chi connectivity index (χ1) is 15.9. The van der Waals surface area contributed by atoms with Crippen LogP contribution in [0.2, 0.25) is 0 Å². The molecule has 10 heteroatoms. The highest BCUT2D eigenvalue weighted by Crippen LogP contribution is 2.33. The standard InChI is InChI=1S/C23H21FN6O3/c1-3-33-22(31)17-11-30-20(21(25)26-12-27-30)19(17)14-4-6-15(7-5-14)28-23(32)29-16-8-9-18(24)13(2)10-16/h4-12H,3H2,1-2H3,(H2,25,26,27)(H2,28,29,32). The number of anilines is 3. The molecular weight excluding hydrogens is 427 g/mol. The predicted octanol–water partition coefficient (Wildman–Crippen LogP) is 4.25. The molecule has 2 heterocycles. The average Bonchev–Trinajstić information content (AvgIpc) is 3.18. The third-order valence-corrected chi connectivity index (χ3v) is 4.94. The zero-order valence-corrected chi connectivity index (χ0v) is 17.9. The molecule has 0 saturated heterocycles. The number of benzene rings is 2. The summed E-state index contributed by atoms with van der Waals surface area (Å²) in [5, 5.41) is 9.50. The Balaban J connectivity index is 1.60. The molecule has 0 aliphatic carbocycles. The lowest BCUT2D eigenvalue weighted by Gasteiger charge is -2.10. The molecule has 0 bridgehead atoms. The minimum atomic E-state index is -0.506. The smallest absolute Gasteiger partial charge is 0.340 e. The van der Waals surface area contributed by atoms with Crippen LogP contribution in [0.1, 0.15) is 22.8 Å². The Morgan fingerprint density at radius 1 is 1.12 bits per heavy atom. The molecule has 0 radical (unpaired) electrons. The van der Waals surface area contributed by atoms with Gasteiger partial charge in [-0.05, 0) is 55.3 Å². The van der Waals surface area contributed by atoms with E-state index in [1.165, 1.54) is 23.0 Å². The first kappa shape index (κ1) is 21.8. The van der Waals surface area contributed by atoms with Crippen LogP contribution in [-0.2, 0) is 4.74 Å². The zero-order chi connectivity index (χ0) is 23.5. The number of rotatable bonds is 5. The number of hydrogen-bond donors (Lipinski definition) is 3. The van der Waals surface area contributed by atoms with E-state index in [0.717, 1.165) is 0 Å². The Morgan fingerprint density at radius 3 is 2.52 bits per heavy atom. The van der Waals surface area contributed by atoms with Crippen molar-refractivity contribution in [2.24, 2.45) is 0 Å². The maximum absolute atomic E-state index is 13.4. The van der Waals surface area contributed by atoms with Gasteiger partial charge in [0.15, 0.2) is 5.82 Å². The second-order valence-electron chi connectivity index (χ2n) is 7.20. The highest BCUT2D eigenvalue weighted by Gasteiger charge is 2.22. The number of amides is 2. The monoisotopic (exact) mass is 448 g/mol. The van der Waals surface area contributed by atoms with Gasteiger partial charge in [0.25, 0.3) is 0 Å². The molecule has 168 valence electrons. The fraction of sp³-hybridized carbons (Fsp3) is 0.130. The summed E-state index contributed by atoms with van der Waals surface area (Å²) >= 11 is 0. The van der Waals surface area contributed by atoms with E-state index in [9.17, 15) is 14.0 Å². The molecular formula is C23H21FN6O3. The first-order valence-electron chi connectivity index (χ1n) is 10.1. The summed E-state index contributed by atoms with van der Waals surface area (Å²) < 4.78 is 20.1. The van der Waals surface area contributed by atoms with Crippen LogP contribution in [0, 0.1) is 12.7 Å². The zero-order valence-electron chi connectivity index (χ0n) is 17.9. The van der Waals surface area contributed by atoms with Crippen molar-refractivity contribution in [3.8, 4) is 11.1 Å². The van der Waals surface area contributed by atoms with Crippen LogP contribution in [-0.4, -0.2) is 33.2 Å². The Bertz CT molecular complexity index is 1350. The molecule has 0 aliphatic rings. The number of aromatic nitrogens is 3. The SMILES string of the molecule is CCOC(=O)c1cn2ncnc(N)c2c1-c1ccc(NC(=O)Nc2ccc(F)c(C)c2)cc1. The van der Waals surface area contributed by atoms with Crippen molar-refractivity contribution in [2.75, 3.05) is 23.0 Å². The van der Waals surface area contributed by atoms with E-state index in [-0.39, 0.29) is 18.2 Å². The van der Waals surface area contributed by atoms with Crippen molar-refractivity contribution in [1.82, 2.24) is 14.6 Å². The van der Waals surface area contributed by atoms with Gasteiger partial charge in [-0.2, -0.15) is 5.10 Å². The Morgan fingerprint density at radius 2 is 1.82 bits per heavy atom. The molecule has 2 aromatic carbocycles. The number of carbonyl (C=O) groups excluding carboxylic acids is 2. The molecule has 0 fully saturated rings. The maximum atomic E-state index is 13.4. The molecule has 4 N–H and O–H groups in total. The molecule has 0 unspecified atom stereocenters. The van der Waals surface area contributed by atoms with Crippen molar-refractivity contribution in [3.05, 3.63) is 71.9 Å². The van der Waals surface area contributed by atoms with Crippen LogP contribution < -0.4 is 16.4 Å². The van der Waals surface area contributed by atoms with Gasteiger partial charge in [0.05, 0.1) is 12.2 Å². The highest BCUT2D eigenvalue weighted by atomic mass is 19.1. The van der Waals surface area contributed by atoms with Gasteiger partial charge in [0, 0.05) is 23.1 Å². The quantitative estimate of drug-likeness (QED) is 0.392. The molecule has 0 saturated carbocycles. The first-order valence-corrected chi connectivity index (χ1v) is 10.1. The van der Waals surface area contributed by atoms with Crippen LogP contribution in [0.25, 0.3) is 16.6 Å². The second kappa shape index (κ2) is 8.95. The van der Waals surface area contributed by atoms with E-state index in [0.29, 0.717) is 39.1 Å². The Labute approximate surface area is 188 Å². The van der Waals surface area contributed by atoms with Gasteiger partial charge in [-0.25, -0.2) is 23.5 Å². The van der Waals surface area contributed by atoms with Gasteiger partial charge in [-0.1, -0.05) is 12.1 Å². The summed E-state index contributed by atoms with van der Waals surface area (Å²) in [6.07, 6.45) is 2.85. The molecule has 9 nitrogen and oxygen atoms in total. The fourth-order valence-corrected chi connectivity index (χ4v) is 3.43. The molecule has 33 heavy (non-hydrogen) atoms. The highest BCUT2D eigenvalue weighted by molar-refractivity contribution is 6.05. The third-order valence-electron chi connectivity index (χ3n) is 4.94. The summed E-state index contributed by atoms with van der Waals surface area (Å²) in [6, 6.07) is 10.7. The van der Waals surface area contributed by atoms with Gasteiger partial charge in [-0.15, -0.1) is 0 Å². The summed E-state index contributed by atoms with van der Waals surface area (Å²) in [7, 11) is 0. The lowest BCUT2D eigenvalue weighted by atomic mass is 10.0. The number of nitrogens with one attached hydrogen (secondary N) is 2. The predicted molar refractivity (Wildman–Crippen MR) is 123 cm³/mol. The van der Waals surface area contributed by atoms with Crippen molar-refractivity contribution < 1.29 is 18.7 Å². The minimum absolute atomic E-state index is 0.215. The number of nitrogen functional groups attached to an aromatic ring is 1. The Hall–Kier alpha value is -4.47. The van der Waals surface area contributed by atoms with Crippen molar-refractivity contribution in [2.45, 2.75) is 13.8 Å². The number of esters is 1. The van der Waals surface area contributed by atoms with E-state index in [1.807, 2.05) is 0 Å². The van der Waals surface area contributed by atoms with Crippen LogP contribution in [0.4, 0.5) is 26.4 Å². The molecule has 4 rings (SSSR count). The number of hydrogen-bond acceptors (Lipinski definition) is 6. The number of aryl methyl sites for hydroxylation is 1. The number of nitrogens with two attached hydrogens (primary N) is 1. The fourth-order valence-electron chi connectivity index (χ4n) is 3.43. The minimum Gasteiger partial charge on any atom is -0.462 e. The van der Waals surface area contributed by atoms with E-state index in [2.05, 4.69) is 20.7 Å². The summed E-state index contributed by atoms with van der Waals surface area (Å²) in [6.45, 7) is 3.56. The van der Waals surface area contributed by atoms with Gasteiger partial charge in [0.2, 0.25) is 0 Å². The third kappa shape index (κ3) is 4.45. The van der Waals surface area contributed by atoms with Gasteiger partial charge >= 0.3 is 12.0 Å². The molecule has 0 spiro atoms. The summed E-state index contributed by atoms with van der Waals surface area (Å²) in [5.41, 5.74) is 9.45. The van der Waals surface area contributed by atoms with Crippen molar-refractivity contribution in [1.29, 1.82) is 0 Å². The van der Waals surface area contributed by atoms with Crippen LogP contribution >= 0.6 is 0 Å². The summed E-state index contributed by atoms with van der Waals surface area (Å²) in [5.74, 6) is -0.636. The summed E-state index contributed by atoms with van der Waals surface area (Å²) in [4.78, 5) is 28.9. The van der Waals surface area contributed by atoms with Crippen LogP contribution in [0.5, 0.6) is 0 Å². The molecule has 0 atom stereocenters. The van der Waals surface area contributed by atoms with Gasteiger partial charge in [-0.3, -0.25) is 0 Å². The molecule has 0 aliphatic heterocycles. The largest absolute Gasteiger partial charge is 0.462 e. The lowest BCUT2D eigenvalue weighted by molar-refractivity contribution is 0.0527. The van der Waals surface area contributed by atoms with Crippen LogP contribution in [0.3, 0.4) is 0 Å². The van der Waals surface area contributed by atoms with Gasteiger partial charge in [0.1, 0.15) is 17.7 Å². The molecule has 4 aromatic rings. The van der Waals surface area contributed by atoms with Gasteiger partial charge < -0.3 is 21.1 Å². The number of halogens is 1. The van der Waals surface area contributed by atoms with Crippen molar-refractivity contribution >= 4 is 34.7 Å². The van der Waals surface area contributed by atoms with E-state index in [1.54, 1.807) is 50.4 Å².